The van der Waals surface area contributed by atoms with Gasteiger partial charge in [0.1, 0.15) is 16.9 Å². The van der Waals surface area contributed by atoms with Crippen molar-refractivity contribution < 1.29 is 31.5 Å². The number of rotatable bonds is 8. The molecular formula is C26H30F5IN4O3. The van der Waals surface area contributed by atoms with E-state index in [0.29, 0.717) is 0 Å². The zero-order chi connectivity index (χ0) is 28.7. The summed E-state index contributed by atoms with van der Waals surface area (Å²) in [4.78, 5) is 28.6. The molecule has 2 fully saturated rings. The number of piperidine rings is 1. The molecular weight excluding hydrogens is 638 g/mol. The van der Waals surface area contributed by atoms with Gasteiger partial charge < -0.3 is 24.8 Å². The summed E-state index contributed by atoms with van der Waals surface area (Å²) in [6, 6.07) is 2.88. The van der Waals surface area contributed by atoms with E-state index in [1.54, 1.807) is 22.6 Å². The van der Waals surface area contributed by atoms with Crippen molar-refractivity contribution in [1.29, 1.82) is 0 Å². The van der Waals surface area contributed by atoms with Crippen LogP contribution in [0.4, 0.5) is 27.6 Å². The number of halogens is 6. The van der Waals surface area contributed by atoms with Crippen LogP contribution in [0, 0.1) is 3.57 Å². The van der Waals surface area contributed by atoms with Gasteiger partial charge in [-0.3, -0.25) is 9.59 Å². The average Bonchev–Trinajstić information content (AvgIpc) is 3.66. The molecule has 1 aromatic heterocycles. The van der Waals surface area contributed by atoms with Crippen LogP contribution in [0.1, 0.15) is 60.1 Å². The number of alkyl halides is 5. The monoisotopic (exact) mass is 668 g/mol. The predicted molar refractivity (Wildman–Crippen MR) is 145 cm³/mol. The Hall–Kier alpha value is -2.42. The average molecular weight is 668 g/mol. The number of pyridine rings is 1. The van der Waals surface area contributed by atoms with Crippen molar-refractivity contribution in [2.75, 3.05) is 32.6 Å². The molecule has 39 heavy (non-hydrogen) atoms. The van der Waals surface area contributed by atoms with Crippen LogP contribution in [-0.4, -0.2) is 55.1 Å². The molecule has 2 heterocycles. The van der Waals surface area contributed by atoms with Crippen molar-refractivity contribution in [2.45, 2.75) is 62.8 Å². The number of hydrogen-bond donors (Lipinski definition) is 2. The van der Waals surface area contributed by atoms with E-state index in [-0.39, 0.29) is 45.0 Å². The van der Waals surface area contributed by atoms with E-state index >= 15 is 0 Å². The Morgan fingerprint density at radius 3 is 2.38 bits per heavy atom. The van der Waals surface area contributed by atoms with Crippen LogP contribution in [0.5, 0.6) is 5.75 Å². The lowest BCUT2D eigenvalue weighted by atomic mass is 10.0. The lowest BCUT2D eigenvalue weighted by Gasteiger charge is -2.31. The van der Waals surface area contributed by atoms with E-state index < -0.39 is 41.2 Å². The van der Waals surface area contributed by atoms with Gasteiger partial charge in [0, 0.05) is 21.9 Å². The van der Waals surface area contributed by atoms with E-state index in [4.69, 9.17) is 4.74 Å². The zero-order valence-corrected chi connectivity index (χ0v) is 23.8. The minimum Gasteiger partial charge on any atom is -0.496 e. The maximum Gasteiger partial charge on any atom is 0.421 e. The molecule has 2 aromatic rings. The van der Waals surface area contributed by atoms with Crippen LogP contribution >= 0.6 is 22.6 Å². The van der Waals surface area contributed by atoms with Crippen molar-refractivity contribution in [2.24, 2.45) is 0 Å². The molecule has 0 unspecified atom stereocenters. The molecule has 2 aliphatic rings. The standard InChI is InChI=1S/C26H30F5IN4O3/c1-14(16-4-5-19(39-3)21(22(16)32)26(29,30)31)33-23(38)17-13-36(25(8-9-25)24(27)28)20(37)12-18(17)34-15-6-10-35(2)11-7-15/h4-5,12-15,24,34H,6-11H2,1-3H3,(H,33,38)/t14-/m1/s1. The Bertz CT molecular complexity index is 1290. The fourth-order valence-corrected chi connectivity index (χ4v) is 6.16. The summed E-state index contributed by atoms with van der Waals surface area (Å²) >= 11 is 1.58. The quantitative estimate of drug-likeness (QED) is 0.298. The molecule has 1 atom stereocenters. The summed E-state index contributed by atoms with van der Waals surface area (Å²) in [5.74, 6) is -1.04. The van der Waals surface area contributed by atoms with Gasteiger partial charge in [-0.25, -0.2) is 8.78 Å². The summed E-state index contributed by atoms with van der Waals surface area (Å²) in [6.07, 6.45) is -4.61. The predicted octanol–water partition coefficient (Wildman–Crippen LogP) is 5.23. The Labute approximate surface area is 236 Å². The first-order chi connectivity index (χ1) is 18.3. The smallest absolute Gasteiger partial charge is 0.421 e. The number of methoxy groups -OCH3 is 1. The van der Waals surface area contributed by atoms with E-state index in [1.165, 1.54) is 25.1 Å². The molecule has 0 bridgehead atoms. The Balaban J connectivity index is 1.69. The summed E-state index contributed by atoms with van der Waals surface area (Å²) in [5.41, 5.74) is -2.85. The van der Waals surface area contributed by atoms with Crippen LogP contribution < -0.4 is 20.9 Å². The summed E-state index contributed by atoms with van der Waals surface area (Å²) in [6.45, 7) is 3.14. The largest absolute Gasteiger partial charge is 0.496 e. The first kappa shape index (κ1) is 29.6. The fraction of sp³-hybridized carbons (Fsp3) is 0.538. The number of carbonyl (C=O) groups excluding carboxylic acids is 1. The van der Waals surface area contributed by atoms with Crippen molar-refractivity contribution >= 4 is 34.2 Å². The molecule has 1 saturated heterocycles. The second kappa shape index (κ2) is 11.2. The number of aromatic nitrogens is 1. The highest BCUT2D eigenvalue weighted by atomic mass is 127. The van der Waals surface area contributed by atoms with E-state index in [0.717, 1.165) is 43.8 Å². The minimum absolute atomic E-state index is 0.0214. The van der Waals surface area contributed by atoms with Gasteiger partial charge in [-0.2, -0.15) is 13.2 Å². The fourth-order valence-electron chi connectivity index (χ4n) is 4.94. The number of anilines is 1. The number of ether oxygens (including phenoxy) is 1. The third kappa shape index (κ3) is 6.03. The minimum atomic E-state index is -4.68. The number of amides is 1. The van der Waals surface area contributed by atoms with Gasteiger partial charge in [-0.1, -0.05) is 6.07 Å². The first-order valence-electron chi connectivity index (χ1n) is 12.5. The van der Waals surface area contributed by atoms with Crippen molar-refractivity contribution in [3.05, 3.63) is 55.0 Å². The first-order valence-corrected chi connectivity index (χ1v) is 13.6. The molecule has 1 aliphatic heterocycles. The SMILES string of the molecule is COc1ccc([C@@H](C)NC(=O)c2cn(C3(C(F)F)CC3)c(=O)cc2NC2CCN(C)CC2)c(I)c1C(F)(F)F. The number of nitrogens with zero attached hydrogens (tertiary/aromatic N) is 2. The van der Waals surface area contributed by atoms with Crippen molar-refractivity contribution in [3.8, 4) is 5.75 Å². The number of nitrogens with one attached hydrogen (secondary N) is 2. The molecule has 0 spiro atoms. The number of hydrogen-bond acceptors (Lipinski definition) is 5. The van der Waals surface area contributed by atoms with Gasteiger partial charge in [-0.15, -0.1) is 0 Å². The lowest BCUT2D eigenvalue weighted by Crippen LogP contribution is -2.40. The molecule has 4 rings (SSSR count). The molecule has 1 saturated carbocycles. The van der Waals surface area contributed by atoms with Gasteiger partial charge in [0.05, 0.1) is 24.4 Å². The Morgan fingerprint density at radius 2 is 1.85 bits per heavy atom. The molecule has 0 radical (unpaired) electrons. The van der Waals surface area contributed by atoms with Gasteiger partial charge in [-0.05, 0) is 87.0 Å². The Morgan fingerprint density at radius 1 is 1.21 bits per heavy atom. The van der Waals surface area contributed by atoms with Crippen LogP contribution in [0.25, 0.3) is 0 Å². The highest BCUT2D eigenvalue weighted by molar-refractivity contribution is 14.1. The second-order valence-corrected chi connectivity index (χ2v) is 11.3. The highest BCUT2D eigenvalue weighted by Crippen LogP contribution is 2.48. The number of benzene rings is 1. The molecule has 1 amide bonds. The maximum absolute atomic E-state index is 13.9. The third-order valence-corrected chi connectivity index (χ3v) is 8.64. The van der Waals surface area contributed by atoms with Gasteiger partial charge in [0.2, 0.25) is 0 Å². The van der Waals surface area contributed by atoms with E-state index in [2.05, 4.69) is 15.5 Å². The molecule has 2 N–H and O–H groups in total. The topological polar surface area (TPSA) is 75.6 Å². The van der Waals surface area contributed by atoms with Crippen LogP contribution in [-0.2, 0) is 11.7 Å². The zero-order valence-electron chi connectivity index (χ0n) is 21.7. The highest BCUT2D eigenvalue weighted by Gasteiger charge is 2.53. The number of likely N-dealkylation sites (tertiary alicyclic amines) is 1. The molecule has 7 nitrogen and oxygen atoms in total. The van der Waals surface area contributed by atoms with Crippen LogP contribution in [0.2, 0.25) is 0 Å². The van der Waals surface area contributed by atoms with Gasteiger partial charge in [0.25, 0.3) is 17.9 Å². The van der Waals surface area contributed by atoms with Gasteiger partial charge in [0.15, 0.2) is 0 Å². The summed E-state index contributed by atoms with van der Waals surface area (Å²) < 4.78 is 74.7. The van der Waals surface area contributed by atoms with Crippen LogP contribution in [0.15, 0.2) is 29.2 Å². The third-order valence-electron chi connectivity index (χ3n) is 7.48. The van der Waals surface area contributed by atoms with Crippen molar-refractivity contribution in [1.82, 2.24) is 14.8 Å². The van der Waals surface area contributed by atoms with E-state index in [1.807, 2.05) is 7.05 Å². The molecule has 1 aliphatic carbocycles. The Kier molecular flexibility index (Phi) is 8.50. The number of carbonyl (C=O) groups is 1. The summed E-state index contributed by atoms with van der Waals surface area (Å²) in [5, 5.41) is 5.93. The van der Waals surface area contributed by atoms with Crippen LogP contribution in [0.3, 0.4) is 0 Å². The summed E-state index contributed by atoms with van der Waals surface area (Å²) in [7, 11) is 3.13. The second-order valence-electron chi connectivity index (χ2n) is 10.2. The molecule has 13 heteroatoms. The molecule has 214 valence electrons. The maximum atomic E-state index is 13.9. The normalized spacial score (nSPS) is 18.6. The van der Waals surface area contributed by atoms with E-state index in [9.17, 15) is 31.5 Å². The lowest BCUT2D eigenvalue weighted by molar-refractivity contribution is -0.139. The van der Waals surface area contributed by atoms with Crippen molar-refractivity contribution in [3.63, 3.8) is 0 Å². The molecule has 1 aromatic carbocycles. The van der Waals surface area contributed by atoms with Gasteiger partial charge >= 0.3 is 6.18 Å².